The van der Waals surface area contributed by atoms with Crippen molar-refractivity contribution in [2.24, 2.45) is 11.7 Å². The molecule has 66 valence electrons. The fourth-order valence-corrected chi connectivity index (χ4v) is 0.882. The van der Waals surface area contributed by atoms with Gasteiger partial charge in [-0.15, -0.1) is 0 Å². The summed E-state index contributed by atoms with van der Waals surface area (Å²) in [6.45, 7) is 3.78. The number of nitrogens with two attached hydrogens (primary N) is 1. The van der Waals surface area contributed by atoms with E-state index in [4.69, 9.17) is 10.8 Å². The monoisotopic (exact) mass is 159 g/mol. The van der Waals surface area contributed by atoms with Crippen molar-refractivity contribution in [1.29, 1.82) is 0 Å². The summed E-state index contributed by atoms with van der Waals surface area (Å²) in [5, 5.41) is 8.47. The van der Waals surface area contributed by atoms with Crippen LogP contribution in [0.15, 0.2) is 0 Å². The van der Waals surface area contributed by atoms with Crippen molar-refractivity contribution in [2.75, 3.05) is 6.61 Å². The Balaban J connectivity index is 3.64. The van der Waals surface area contributed by atoms with Gasteiger partial charge >= 0.3 is 0 Å². The first kappa shape index (κ1) is 10.6. The zero-order valence-corrected chi connectivity index (χ0v) is 7.21. The molecule has 0 aliphatic rings. The van der Waals surface area contributed by atoms with Gasteiger partial charge in [0.1, 0.15) is 0 Å². The van der Waals surface area contributed by atoms with E-state index in [1.165, 1.54) is 0 Å². The van der Waals surface area contributed by atoms with E-state index in [0.717, 1.165) is 0 Å². The fraction of sp³-hybridized carbons (Fsp3) is 0.875. The SMILES string of the molecule is CC(C)C(=O)[C@@H](N)CCCO. The van der Waals surface area contributed by atoms with Crippen LogP contribution in [0.3, 0.4) is 0 Å². The zero-order valence-electron chi connectivity index (χ0n) is 7.21. The average molecular weight is 159 g/mol. The number of aliphatic hydroxyl groups is 1. The second-order valence-electron chi connectivity index (χ2n) is 3.03. The van der Waals surface area contributed by atoms with Crippen LogP contribution in [0, 0.1) is 5.92 Å². The third kappa shape index (κ3) is 4.11. The molecule has 3 heteroatoms. The van der Waals surface area contributed by atoms with Crippen LogP contribution < -0.4 is 5.73 Å². The van der Waals surface area contributed by atoms with Gasteiger partial charge in [-0.2, -0.15) is 0 Å². The van der Waals surface area contributed by atoms with Crippen LogP contribution in [0.2, 0.25) is 0 Å². The predicted octanol–water partition coefficient (Wildman–Crippen LogP) is 0.311. The maximum atomic E-state index is 11.1. The zero-order chi connectivity index (χ0) is 8.85. The smallest absolute Gasteiger partial charge is 0.152 e. The first-order chi connectivity index (χ1) is 5.09. The van der Waals surface area contributed by atoms with Crippen LogP contribution in [0.25, 0.3) is 0 Å². The molecule has 0 radical (unpaired) electrons. The standard InChI is InChI=1S/C8H17NO2/c1-6(2)8(11)7(9)4-3-5-10/h6-7,10H,3-5,9H2,1-2H3/t7-/m0/s1. The molecule has 0 heterocycles. The Morgan fingerprint density at radius 1 is 1.55 bits per heavy atom. The highest BCUT2D eigenvalue weighted by molar-refractivity contribution is 5.85. The molecule has 3 N–H and O–H groups in total. The normalized spacial score (nSPS) is 13.5. The molecule has 0 saturated carbocycles. The number of hydrogen-bond acceptors (Lipinski definition) is 3. The lowest BCUT2D eigenvalue weighted by Crippen LogP contribution is -2.33. The maximum Gasteiger partial charge on any atom is 0.152 e. The van der Waals surface area contributed by atoms with Gasteiger partial charge in [0.2, 0.25) is 0 Å². The summed E-state index contributed by atoms with van der Waals surface area (Å²) in [4.78, 5) is 11.1. The molecule has 0 aromatic heterocycles. The van der Waals surface area contributed by atoms with Gasteiger partial charge in [-0.25, -0.2) is 0 Å². The van der Waals surface area contributed by atoms with Crippen molar-refractivity contribution in [3.05, 3.63) is 0 Å². The largest absolute Gasteiger partial charge is 0.396 e. The van der Waals surface area contributed by atoms with Gasteiger partial charge in [0, 0.05) is 12.5 Å². The molecule has 0 aromatic carbocycles. The van der Waals surface area contributed by atoms with Crippen molar-refractivity contribution in [3.63, 3.8) is 0 Å². The Kier molecular flexibility index (Phi) is 5.07. The molecular weight excluding hydrogens is 142 g/mol. The highest BCUT2D eigenvalue weighted by atomic mass is 16.2. The van der Waals surface area contributed by atoms with Gasteiger partial charge in [0.05, 0.1) is 6.04 Å². The van der Waals surface area contributed by atoms with Gasteiger partial charge in [0.25, 0.3) is 0 Å². The second kappa shape index (κ2) is 5.27. The van der Waals surface area contributed by atoms with E-state index < -0.39 is 0 Å². The lowest BCUT2D eigenvalue weighted by Gasteiger charge is -2.11. The Morgan fingerprint density at radius 3 is 2.45 bits per heavy atom. The Morgan fingerprint density at radius 2 is 2.09 bits per heavy atom. The molecule has 0 bridgehead atoms. The summed E-state index contributed by atoms with van der Waals surface area (Å²) in [7, 11) is 0. The molecule has 0 aliphatic carbocycles. The van der Waals surface area contributed by atoms with Crippen LogP contribution in [0.4, 0.5) is 0 Å². The first-order valence-corrected chi connectivity index (χ1v) is 3.99. The molecule has 3 nitrogen and oxygen atoms in total. The Bertz CT molecular complexity index is 123. The van der Waals surface area contributed by atoms with E-state index in [2.05, 4.69) is 0 Å². The number of carbonyl (C=O) groups is 1. The number of carbonyl (C=O) groups excluding carboxylic acids is 1. The first-order valence-electron chi connectivity index (χ1n) is 3.99. The van der Waals surface area contributed by atoms with Gasteiger partial charge in [0.15, 0.2) is 5.78 Å². The van der Waals surface area contributed by atoms with Crippen LogP contribution >= 0.6 is 0 Å². The minimum absolute atomic E-state index is 0.00342. The summed E-state index contributed by atoms with van der Waals surface area (Å²) in [6.07, 6.45) is 1.20. The van der Waals surface area contributed by atoms with Gasteiger partial charge in [-0.3, -0.25) is 4.79 Å². The molecule has 1 atom stereocenters. The second-order valence-corrected chi connectivity index (χ2v) is 3.03. The summed E-state index contributed by atoms with van der Waals surface area (Å²) in [5.74, 6) is 0.0853. The van der Waals surface area contributed by atoms with Crippen LogP contribution in [0.5, 0.6) is 0 Å². The molecular formula is C8H17NO2. The van der Waals surface area contributed by atoms with E-state index in [-0.39, 0.29) is 24.3 Å². The van der Waals surface area contributed by atoms with Crippen LogP contribution in [-0.4, -0.2) is 23.5 Å². The predicted molar refractivity (Wildman–Crippen MR) is 44.1 cm³/mol. The van der Waals surface area contributed by atoms with E-state index in [9.17, 15) is 4.79 Å². The average Bonchev–Trinajstić information content (AvgIpc) is 1.98. The van der Waals surface area contributed by atoms with Gasteiger partial charge < -0.3 is 10.8 Å². The Labute approximate surface area is 67.6 Å². The summed E-state index contributed by atoms with van der Waals surface area (Å²) < 4.78 is 0. The summed E-state index contributed by atoms with van der Waals surface area (Å²) >= 11 is 0. The molecule has 0 aromatic rings. The number of aliphatic hydroxyl groups excluding tert-OH is 1. The van der Waals surface area contributed by atoms with E-state index in [1.807, 2.05) is 13.8 Å². The number of Topliss-reactive ketones (excluding diaryl/α,β-unsaturated/α-hetero) is 1. The van der Waals surface area contributed by atoms with E-state index >= 15 is 0 Å². The van der Waals surface area contributed by atoms with Crippen molar-refractivity contribution in [3.8, 4) is 0 Å². The molecule has 11 heavy (non-hydrogen) atoms. The molecule has 0 unspecified atom stereocenters. The fourth-order valence-electron chi connectivity index (χ4n) is 0.882. The molecule has 0 spiro atoms. The van der Waals surface area contributed by atoms with Crippen LogP contribution in [-0.2, 0) is 4.79 Å². The summed E-state index contributed by atoms with van der Waals surface area (Å²) in [6, 6.07) is -0.387. The lowest BCUT2D eigenvalue weighted by molar-refractivity contribution is -0.123. The van der Waals surface area contributed by atoms with E-state index in [1.54, 1.807) is 0 Å². The summed E-state index contributed by atoms with van der Waals surface area (Å²) in [5.41, 5.74) is 5.54. The lowest BCUT2D eigenvalue weighted by atomic mass is 9.99. The van der Waals surface area contributed by atoms with Crippen molar-refractivity contribution < 1.29 is 9.90 Å². The molecule has 0 saturated heterocycles. The highest BCUT2D eigenvalue weighted by Crippen LogP contribution is 2.02. The third-order valence-corrected chi connectivity index (χ3v) is 1.61. The molecule has 0 rings (SSSR count). The minimum atomic E-state index is -0.387. The quantitative estimate of drug-likeness (QED) is 0.607. The third-order valence-electron chi connectivity index (χ3n) is 1.61. The Hall–Kier alpha value is -0.410. The van der Waals surface area contributed by atoms with Crippen molar-refractivity contribution >= 4 is 5.78 Å². The van der Waals surface area contributed by atoms with Crippen LogP contribution in [0.1, 0.15) is 26.7 Å². The van der Waals surface area contributed by atoms with Gasteiger partial charge in [-0.05, 0) is 12.8 Å². The minimum Gasteiger partial charge on any atom is -0.396 e. The molecule has 0 amide bonds. The number of ketones is 1. The number of hydrogen-bond donors (Lipinski definition) is 2. The maximum absolute atomic E-state index is 11.1. The molecule has 0 fully saturated rings. The van der Waals surface area contributed by atoms with E-state index in [0.29, 0.717) is 12.8 Å². The highest BCUT2D eigenvalue weighted by Gasteiger charge is 2.15. The topological polar surface area (TPSA) is 63.3 Å². The molecule has 0 aliphatic heterocycles. The van der Waals surface area contributed by atoms with Crippen molar-refractivity contribution in [1.82, 2.24) is 0 Å². The van der Waals surface area contributed by atoms with Crippen molar-refractivity contribution in [2.45, 2.75) is 32.7 Å². The number of rotatable bonds is 5. The van der Waals surface area contributed by atoms with Gasteiger partial charge in [-0.1, -0.05) is 13.8 Å².